The molecule has 0 amide bonds. The van der Waals surface area contributed by atoms with Crippen molar-refractivity contribution < 1.29 is 0 Å². The zero-order valence-electron chi connectivity index (χ0n) is 10.2. The highest BCUT2D eigenvalue weighted by Crippen LogP contribution is 2.19. The molecule has 1 aromatic rings. The van der Waals surface area contributed by atoms with E-state index in [2.05, 4.69) is 34.0 Å². The van der Waals surface area contributed by atoms with Crippen molar-refractivity contribution in [2.45, 2.75) is 20.3 Å². The lowest BCUT2D eigenvalue weighted by atomic mass is 10.1. The average molecular weight is 239 g/mol. The third-order valence-corrected chi connectivity index (χ3v) is 3.92. The summed E-state index contributed by atoms with van der Waals surface area (Å²) in [6, 6.07) is 0. The molecule has 1 aliphatic heterocycles. The fourth-order valence-corrected chi connectivity index (χ4v) is 2.67. The number of nitrogens with zero attached hydrogens (tertiary/aromatic N) is 3. The molecule has 1 saturated heterocycles. The van der Waals surface area contributed by atoms with Gasteiger partial charge in [0.25, 0.3) is 0 Å². The Bertz CT molecular complexity index is 289. The molecule has 4 heteroatoms. The van der Waals surface area contributed by atoms with Crippen LogP contribution >= 0.6 is 11.3 Å². The number of aromatic nitrogens is 1. The lowest BCUT2D eigenvalue weighted by Crippen LogP contribution is -2.46. The molecule has 0 N–H and O–H groups in total. The predicted octanol–water partition coefficient (Wildman–Crippen LogP) is 2.31. The Morgan fingerprint density at radius 2 is 2.06 bits per heavy atom. The van der Waals surface area contributed by atoms with Crippen LogP contribution in [0.4, 0.5) is 5.13 Å². The van der Waals surface area contributed by atoms with Crippen molar-refractivity contribution in [2.75, 3.05) is 37.6 Å². The maximum Gasteiger partial charge on any atom is 0.185 e. The fraction of sp³-hybridized carbons (Fsp3) is 0.750. The third kappa shape index (κ3) is 3.19. The van der Waals surface area contributed by atoms with Gasteiger partial charge in [-0.3, -0.25) is 4.90 Å². The highest BCUT2D eigenvalue weighted by molar-refractivity contribution is 7.13. The van der Waals surface area contributed by atoms with Crippen molar-refractivity contribution in [1.82, 2.24) is 9.88 Å². The largest absolute Gasteiger partial charge is 0.346 e. The number of hydrogen-bond acceptors (Lipinski definition) is 4. The van der Waals surface area contributed by atoms with E-state index in [1.807, 2.05) is 6.20 Å². The molecule has 0 atom stereocenters. The molecule has 2 rings (SSSR count). The van der Waals surface area contributed by atoms with Gasteiger partial charge < -0.3 is 4.90 Å². The maximum atomic E-state index is 4.37. The summed E-state index contributed by atoms with van der Waals surface area (Å²) in [5.74, 6) is 0.817. The summed E-state index contributed by atoms with van der Waals surface area (Å²) in [5.41, 5.74) is 0. The Kier molecular flexibility index (Phi) is 4.18. The van der Waals surface area contributed by atoms with Gasteiger partial charge in [0.05, 0.1) is 0 Å². The smallest absolute Gasteiger partial charge is 0.185 e. The van der Waals surface area contributed by atoms with Gasteiger partial charge in [0.2, 0.25) is 0 Å². The van der Waals surface area contributed by atoms with Crippen molar-refractivity contribution in [3.8, 4) is 0 Å². The molecule has 0 unspecified atom stereocenters. The summed E-state index contributed by atoms with van der Waals surface area (Å²) >= 11 is 1.75. The number of anilines is 1. The van der Waals surface area contributed by atoms with Crippen LogP contribution in [0.5, 0.6) is 0 Å². The summed E-state index contributed by atoms with van der Waals surface area (Å²) in [5, 5.41) is 3.24. The summed E-state index contributed by atoms with van der Waals surface area (Å²) in [6.07, 6.45) is 3.21. The Morgan fingerprint density at radius 3 is 2.62 bits per heavy atom. The number of rotatable bonds is 4. The van der Waals surface area contributed by atoms with Crippen LogP contribution in [0.2, 0.25) is 0 Å². The minimum absolute atomic E-state index is 0.817. The van der Waals surface area contributed by atoms with E-state index in [1.54, 1.807) is 11.3 Å². The van der Waals surface area contributed by atoms with Crippen LogP contribution in [-0.2, 0) is 0 Å². The first-order chi connectivity index (χ1) is 7.75. The SMILES string of the molecule is CC(C)CCN1CCN(c2nccs2)CC1. The molecule has 3 nitrogen and oxygen atoms in total. The van der Waals surface area contributed by atoms with Crippen LogP contribution in [0.25, 0.3) is 0 Å². The molecule has 0 bridgehead atoms. The Labute approximate surface area is 102 Å². The van der Waals surface area contributed by atoms with Crippen LogP contribution in [0.3, 0.4) is 0 Å². The van der Waals surface area contributed by atoms with Gasteiger partial charge in [-0.2, -0.15) is 0 Å². The lowest BCUT2D eigenvalue weighted by Gasteiger charge is -2.34. The van der Waals surface area contributed by atoms with Crippen molar-refractivity contribution in [2.24, 2.45) is 5.92 Å². The Balaban J connectivity index is 1.74. The summed E-state index contributed by atoms with van der Waals surface area (Å²) in [4.78, 5) is 9.34. The number of thiazole rings is 1. The van der Waals surface area contributed by atoms with E-state index in [0.717, 1.165) is 19.0 Å². The van der Waals surface area contributed by atoms with E-state index in [1.165, 1.54) is 31.2 Å². The molecular formula is C12H21N3S. The van der Waals surface area contributed by atoms with Gasteiger partial charge in [-0.25, -0.2) is 4.98 Å². The van der Waals surface area contributed by atoms with Gasteiger partial charge in [-0.05, 0) is 18.9 Å². The zero-order chi connectivity index (χ0) is 11.4. The molecule has 0 saturated carbocycles. The average Bonchev–Trinajstić information content (AvgIpc) is 2.80. The van der Waals surface area contributed by atoms with Crippen LogP contribution in [0.15, 0.2) is 11.6 Å². The molecule has 16 heavy (non-hydrogen) atoms. The second kappa shape index (κ2) is 5.64. The van der Waals surface area contributed by atoms with E-state index >= 15 is 0 Å². The molecule has 90 valence electrons. The van der Waals surface area contributed by atoms with Gasteiger partial charge in [0, 0.05) is 37.8 Å². The van der Waals surface area contributed by atoms with Gasteiger partial charge in [-0.1, -0.05) is 13.8 Å². The van der Waals surface area contributed by atoms with Gasteiger partial charge in [0.1, 0.15) is 0 Å². The van der Waals surface area contributed by atoms with Crippen molar-refractivity contribution in [3.63, 3.8) is 0 Å². The van der Waals surface area contributed by atoms with E-state index in [9.17, 15) is 0 Å². The second-order valence-electron chi connectivity index (χ2n) is 4.83. The highest BCUT2D eigenvalue weighted by Gasteiger charge is 2.18. The van der Waals surface area contributed by atoms with E-state index in [0.29, 0.717) is 0 Å². The monoisotopic (exact) mass is 239 g/mol. The van der Waals surface area contributed by atoms with Crippen molar-refractivity contribution >= 4 is 16.5 Å². The Hall–Kier alpha value is -0.610. The van der Waals surface area contributed by atoms with Gasteiger partial charge >= 0.3 is 0 Å². The molecule has 1 fully saturated rings. The Morgan fingerprint density at radius 1 is 1.31 bits per heavy atom. The summed E-state index contributed by atoms with van der Waals surface area (Å²) < 4.78 is 0. The van der Waals surface area contributed by atoms with E-state index in [4.69, 9.17) is 0 Å². The normalized spacial score (nSPS) is 18.3. The minimum Gasteiger partial charge on any atom is -0.346 e. The van der Waals surface area contributed by atoms with Crippen molar-refractivity contribution in [3.05, 3.63) is 11.6 Å². The predicted molar refractivity (Wildman–Crippen MR) is 70.2 cm³/mol. The van der Waals surface area contributed by atoms with Crippen LogP contribution in [0.1, 0.15) is 20.3 Å². The first-order valence-corrected chi connectivity index (χ1v) is 7.00. The molecule has 0 radical (unpaired) electrons. The molecular weight excluding hydrogens is 218 g/mol. The second-order valence-corrected chi connectivity index (χ2v) is 5.70. The minimum atomic E-state index is 0.817. The molecule has 0 spiro atoms. The van der Waals surface area contributed by atoms with Crippen LogP contribution in [0, 0.1) is 5.92 Å². The number of piperazine rings is 1. The first-order valence-electron chi connectivity index (χ1n) is 6.12. The van der Waals surface area contributed by atoms with Crippen LogP contribution < -0.4 is 4.90 Å². The topological polar surface area (TPSA) is 19.4 Å². The van der Waals surface area contributed by atoms with Gasteiger partial charge in [0.15, 0.2) is 5.13 Å². The van der Waals surface area contributed by atoms with Gasteiger partial charge in [-0.15, -0.1) is 11.3 Å². The molecule has 0 aliphatic carbocycles. The molecule has 1 aromatic heterocycles. The lowest BCUT2D eigenvalue weighted by molar-refractivity contribution is 0.243. The fourth-order valence-electron chi connectivity index (χ4n) is 1.98. The molecule has 0 aromatic carbocycles. The summed E-state index contributed by atoms with van der Waals surface area (Å²) in [7, 11) is 0. The molecule has 2 heterocycles. The third-order valence-electron chi connectivity index (χ3n) is 3.08. The number of hydrogen-bond donors (Lipinski definition) is 0. The van der Waals surface area contributed by atoms with E-state index in [-0.39, 0.29) is 0 Å². The molecule has 1 aliphatic rings. The standard InChI is InChI=1S/C12H21N3S/c1-11(2)3-5-14-6-8-15(9-7-14)12-13-4-10-16-12/h4,10-11H,3,5-9H2,1-2H3. The highest BCUT2D eigenvalue weighted by atomic mass is 32.1. The first kappa shape index (κ1) is 11.9. The van der Waals surface area contributed by atoms with Crippen molar-refractivity contribution in [1.29, 1.82) is 0 Å². The maximum absolute atomic E-state index is 4.37. The van der Waals surface area contributed by atoms with E-state index < -0.39 is 0 Å². The quantitative estimate of drug-likeness (QED) is 0.804. The summed E-state index contributed by atoms with van der Waals surface area (Å²) in [6.45, 7) is 10.5. The zero-order valence-corrected chi connectivity index (χ0v) is 11.0. The van der Waals surface area contributed by atoms with Crippen LogP contribution in [-0.4, -0.2) is 42.6 Å².